The topological polar surface area (TPSA) is 158 Å². The van der Waals surface area contributed by atoms with Crippen LogP contribution in [0.25, 0.3) is 0 Å². The second-order valence-electron chi connectivity index (χ2n) is 5.98. The molecule has 3 rings (SSSR count). The fourth-order valence-electron chi connectivity index (χ4n) is 2.41. The van der Waals surface area contributed by atoms with E-state index in [9.17, 15) is 19.5 Å². The summed E-state index contributed by atoms with van der Waals surface area (Å²) in [4.78, 5) is 42.3. The molecule has 30 heavy (non-hydrogen) atoms. The van der Waals surface area contributed by atoms with Crippen LogP contribution in [0.2, 0.25) is 0 Å². The number of dihydropyridines is 1. The lowest BCUT2D eigenvalue weighted by Crippen LogP contribution is -2.21. The Morgan fingerprint density at radius 1 is 1.00 bits per heavy atom. The number of benzene rings is 2. The lowest BCUT2D eigenvalue weighted by atomic mass is 10.1. The predicted molar refractivity (Wildman–Crippen MR) is 107 cm³/mol. The van der Waals surface area contributed by atoms with Crippen LogP contribution in [0.4, 0.5) is 5.69 Å². The number of phenols is 1. The van der Waals surface area contributed by atoms with Crippen molar-refractivity contribution in [3.63, 3.8) is 0 Å². The Hall–Kier alpha value is -4.47. The van der Waals surface area contributed by atoms with E-state index >= 15 is 0 Å². The van der Waals surface area contributed by atoms with Gasteiger partial charge in [0.05, 0.1) is 11.1 Å². The van der Waals surface area contributed by atoms with E-state index in [0.717, 1.165) is 18.2 Å². The fraction of sp³-hybridized carbons (Fsp3) is 0.0500. The van der Waals surface area contributed by atoms with E-state index in [4.69, 9.17) is 14.9 Å². The minimum Gasteiger partial charge on any atom is -0.508 e. The first-order chi connectivity index (χ1) is 14.3. The molecule has 0 unspecified atom stereocenters. The molecule has 0 atom stereocenters. The lowest BCUT2D eigenvalue weighted by molar-refractivity contribution is -0.109. The maximum absolute atomic E-state index is 12.0. The van der Waals surface area contributed by atoms with Crippen LogP contribution in [0.3, 0.4) is 0 Å². The van der Waals surface area contributed by atoms with Crippen molar-refractivity contribution < 1.29 is 34.4 Å². The van der Waals surface area contributed by atoms with Gasteiger partial charge in [0.1, 0.15) is 17.3 Å². The minimum absolute atomic E-state index is 0.0260. The molecule has 10 heteroatoms. The number of aromatic hydroxyl groups is 1. The Bertz CT molecular complexity index is 1070. The minimum atomic E-state index is -1.31. The lowest BCUT2D eigenvalue weighted by Gasteiger charge is -2.11. The molecule has 1 heterocycles. The zero-order valence-electron chi connectivity index (χ0n) is 15.3. The highest BCUT2D eigenvalue weighted by Gasteiger charge is 2.15. The second kappa shape index (κ2) is 8.69. The number of carbonyl (C=O) groups excluding carboxylic acids is 1. The van der Waals surface area contributed by atoms with Crippen LogP contribution >= 0.6 is 0 Å². The predicted octanol–water partition coefficient (Wildman–Crippen LogP) is 2.17. The number of phenolic OH excluding ortho intramolecular Hbond substituents is 1. The van der Waals surface area contributed by atoms with E-state index in [0.29, 0.717) is 11.5 Å². The van der Waals surface area contributed by atoms with Gasteiger partial charge < -0.3 is 25.4 Å². The summed E-state index contributed by atoms with van der Waals surface area (Å²) in [7, 11) is 0. The van der Waals surface area contributed by atoms with Crippen LogP contribution in [0.5, 0.6) is 11.5 Å². The van der Waals surface area contributed by atoms with Gasteiger partial charge in [0.2, 0.25) is 11.6 Å². The number of carbonyl (C=O) groups is 3. The van der Waals surface area contributed by atoms with Crippen LogP contribution in [-0.2, 0) is 4.79 Å². The van der Waals surface area contributed by atoms with Gasteiger partial charge >= 0.3 is 11.9 Å². The standard InChI is InChI=1S/C20H15N3O7/c24-14-3-1-13(2-4-14)22-17-6-5-16(25)18(23-17)21-10-30-15-8-11(19(26)27)7-12(9-15)20(28)29/h1-9,24H,10H2,(H,26,27)(H,28,29)(H,21,22,23). The molecule has 10 nitrogen and oxygen atoms in total. The molecule has 0 fully saturated rings. The summed E-state index contributed by atoms with van der Waals surface area (Å²) in [5, 5.41) is 30.4. The molecule has 0 spiro atoms. The molecule has 1 aliphatic rings. The molecule has 2 aromatic carbocycles. The molecule has 0 aliphatic carbocycles. The molecular weight excluding hydrogens is 394 g/mol. The van der Waals surface area contributed by atoms with Gasteiger partial charge in [0.15, 0.2) is 6.73 Å². The first-order valence-corrected chi connectivity index (χ1v) is 8.48. The molecule has 0 bridgehead atoms. The maximum atomic E-state index is 12.0. The third-order valence-corrected chi connectivity index (χ3v) is 3.82. The summed E-state index contributed by atoms with van der Waals surface area (Å²) in [5.41, 5.74) is 0.119. The third-order valence-electron chi connectivity index (χ3n) is 3.82. The smallest absolute Gasteiger partial charge is 0.335 e. The fourth-order valence-corrected chi connectivity index (χ4v) is 2.41. The molecular formula is C20H15N3O7. The summed E-state index contributed by atoms with van der Waals surface area (Å²) in [5.74, 6) is -2.81. The first-order valence-electron chi connectivity index (χ1n) is 8.48. The number of aromatic carboxylic acids is 2. The van der Waals surface area contributed by atoms with E-state index in [1.165, 1.54) is 24.3 Å². The van der Waals surface area contributed by atoms with Gasteiger partial charge in [-0.1, -0.05) is 0 Å². The van der Waals surface area contributed by atoms with E-state index < -0.39 is 17.7 Å². The molecule has 0 saturated carbocycles. The summed E-state index contributed by atoms with van der Waals surface area (Å²) in [6.45, 7) is -0.382. The largest absolute Gasteiger partial charge is 0.508 e. The van der Waals surface area contributed by atoms with E-state index in [-0.39, 0.29) is 35.2 Å². The Labute approximate surface area is 169 Å². The number of ether oxygens (including phenoxy) is 1. The molecule has 4 N–H and O–H groups in total. The van der Waals surface area contributed by atoms with E-state index in [1.807, 2.05) is 0 Å². The average Bonchev–Trinajstić information content (AvgIpc) is 2.71. The highest BCUT2D eigenvalue weighted by Crippen LogP contribution is 2.18. The van der Waals surface area contributed by atoms with Gasteiger partial charge in [-0.25, -0.2) is 19.6 Å². The Morgan fingerprint density at radius 3 is 2.23 bits per heavy atom. The zero-order chi connectivity index (χ0) is 21.7. The van der Waals surface area contributed by atoms with Crippen molar-refractivity contribution in [3.8, 4) is 11.5 Å². The molecule has 0 amide bonds. The Balaban J connectivity index is 1.73. The molecule has 152 valence electrons. The number of hydrogen-bond acceptors (Lipinski definition) is 7. The molecule has 0 radical (unpaired) electrons. The summed E-state index contributed by atoms with van der Waals surface area (Å²) in [6, 6.07) is 9.52. The van der Waals surface area contributed by atoms with Gasteiger partial charge in [0.25, 0.3) is 0 Å². The van der Waals surface area contributed by atoms with Crippen molar-refractivity contribution in [3.05, 3.63) is 65.7 Å². The van der Waals surface area contributed by atoms with Gasteiger partial charge in [-0.3, -0.25) is 4.79 Å². The number of rotatable bonds is 6. The number of amidine groups is 2. The zero-order valence-corrected chi connectivity index (χ0v) is 15.3. The molecule has 0 aromatic heterocycles. The van der Waals surface area contributed by atoms with Crippen molar-refractivity contribution in [2.45, 2.75) is 0 Å². The monoisotopic (exact) mass is 409 g/mol. The Morgan fingerprint density at radius 2 is 1.63 bits per heavy atom. The van der Waals surface area contributed by atoms with E-state index in [2.05, 4.69) is 15.3 Å². The number of nitrogens with one attached hydrogen (secondary N) is 1. The highest BCUT2D eigenvalue weighted by molar-refractivity contribution is 6.47. The molecule has 2 aromatic rings. The average molecular weight is 409 g/mol. The van der Waals surface area contributed by atoms with Crippen LogP contribution < -0.4 is 10.1 Å². The second-order valence-corrected chi connectivity index (χ2v) is 5.98. The maximum Gasteiger partial charge on any atom is 0.335 e. The number of hydrogen-bond donors (Lipinski definition) is 4. The SMILES string of the molecule is O=C1C=CC(Nc2ccc(O)cc2)=N/C1=N\COc1cc(C(=O)O)cc(C(=O)O)c1. The summed E-state index contributed by atoms with van der Waals surface area (Å²) < 4.78 is 5.30. The van der Waals surface area contributed by atoms with Gasteiger partial charge in [-0.2, -0.15) is 0 Å². The van der Waals surface area contributed by atoms with Crippen LogP contribution in [0.1, 0.15) is 20.7 Å². The number of anilines is 1. The van der Waals surface area contributed by atoms with Crippen LogP contribution in [-0.4, -0.2) is 51.4 Å². The van der Waals surface area contributed by atoms with Gasteiger partial charge in [-0.05, 0) is 54.6 Å². The normalized spacial score (nSPS) is 14.3. The van der Waals surface area contributed by atoms with Crippen molar-refractivity contribution in [2.24, 2.45) is 9.98 Å². The van der Waals surface area contributed by atoms with Crippen molar-refractivity contribution in [1.82, 2.24) is 0 Å². The number of ketones is 1. The van der Waals surface area contributed by atoms with Crippen LogP contribution in [0, 0.1) is 0 Å². The number of carboxylic acids is 2. The quantitative estimate of drug-likeness (QED) is 0.529. The molecule has 1 aliphatic heterocycles. The number of carboxylic acid groups (broad SMARTS) is 2. The van der Waals surface area contributed by atoms with Crippen molar-refractivity contribution >= 4 is 35.1 Å². The van der Waals surface area contributed by atoms with Crippen molar-refractivity contribution in [2.75, 3.05) is 12.0 Å². The van der Waals surface area contributed by atoms with E-state index in [1.54, 1.807) is 12.1 Å². The first kappa shape index (κ1) is 20.3. The van der Waals surface area contributed by atoms with Gasteiger partial charge in [-0.15, -0.1) is 0 Å². The number of aliphatic imine (C=N–C) groups is 2. The van der Waals surface area contributed by atoms with Crippen molar-refractivity contribution in [1.29, 1.82) is 0 Å². The summed E-state index contributed by atoms with van der Waals surface area (Å²) in [6.07, 6.45) is 2.73. The van der Waals surface area contributed by atoms with Crippen LogP contribution in [0.15, 0.2) is 64.6 Å². The summed E-state index contributed by atoms with van der Waals surface area (Å²) >= 11 is 0. The Kier molecular flexibility index (Phi) is 5.87. The van der Waals surface area contributed by atoms with Gasteiger partial charge in [0, 0.05) is 5.69 Å². The highest BCUT2D eigenvalue weighted by atomic mass is 16.5. The third kappa shape index (κ3) is 5.07. The number of nitrogens with zero attached hydrogens (tertiary/aromatic N) is 2. The molecule has 0 saturated heterocycles.